The average molecular weight is 171 g/mol. The van der Waals surface area contributed by atoms with Gasteiger partial charge in [0.15, 0.2) is 0 Å². The summed E-state index contributed by atoms with van der Waals surface area (Å²) in [4.78, 5) is 6.11. The highest BCUT2D eigenvalue weighted by Gasteiger charge is 2.12. The predicted molar refractivity (Wildman–Crippen MR) is 43.9 cm³/mol. The zero-order valence-corrected chi connectivity index (χ0v) is 6.78. The topological polar surface area (TPSA) is 22.1 Å². The van der Waals surface area contributed by atoms with Crippen LogP contribution in [0.25, 0.3) is 4.91 Å². The largest absolute Gasteiger partial charge is 0.494 e. The van der Waals surface area contributed by atoms with Crippen LogP contribution in [0.15, 0.2) is 11.8 Å². The van der Waals surface area contributed by atoms with Crippen molar-refractivity contribution < 1.29 is 4.74 Å². The average Bonchev–Trinajstić information content (AvgIpc) is 2.36. The van der Waals surface area contributed by atoms with Crippen molar-refractivity contribution in [1.29, 1.82) is 0 Å². The number of hydrogen-bond donors (Lipinski definition) is 1. The molecular formula is C6H5NOS2. The Labute approximate surface area is 68.0 Å². The van der Waals surface area contributed by atoms with E-state index < -0.39 is 0 Å². The third-order valence-corrected chi connectivity index (χ3v) is 2.42. The molecular weight excluding hydrogens is 166 g/mol. The molecule has 1 aromatic heterocycles. The lowest BCUT2D eigenvalue weighted by Gasteiger charge is -2.07. The van der Waals surface area contributed by atoms with Crippen LogP contribution in [0.3, 0.4) is 0 Å². The minimum Gasteiger partial charge on any atom is -0.494 e. The van der Waals surface area contributed by atoms with Gasteiger partial charge >= 0.3 is 0 Å². The van der Waals surface area contributed by atoms with Crippen molar-refractivity contribution >= 4 is 28.9 Å². The van der Waals surface area contributed by atoms with Gasteiger partial charge in [0, 0.05) is 0 Å². The molecule has 0 bridgehead atoms. The van der Waals surface area contributed by atoms with Crippen LogP contribution >= 0.6 is 24.0 Å². The Morgan fingerprint density at radius 1 is 1.70 bits per heavy atom. The molecule has 0 unspecified atom stereocenters. The fourth-order valence-electron chi connectivity index (χ4n) is 0.834. The van der Waals surface area contributed by atoms with E-state index in [9.17, 15) is 0 Å². The Balaban J connectivity index is 2.55. The predicted octanol–water partition coefficient (Wildman–Crippen LogP) is 1.90. The van der Waals surface area contributed by atoms with Gasteiger partial charge in [-0.1, -0.05) is 0 Å². The molecule has 0 aliphatic carbocycles. The molecule has 1 aliphatic rings. The van der Waals surface area contributed by atoms with Crippen LogP contribution in [0.2, 0.25) is 0 Å². The third kappa shape index (κ3) is 0.839. The number of hydrogen-bond acceptors (Lipinski definition) is 4. The van der Waals surface area contributed by atoms with E-state index in [0.29, 0.717) is 6.61 Å². The molecule has 0 N–H and O–H groups in total. The molecule has 0 spiro atoms. The maximum Gasteiger partial charge on any atom is 0.124 e. The second kappa shape index (κ2) is 2.29. The Morgan fingerprint density at radius 2 is 2.60 bits per heavy atom. The van der Waals surface area contributed by atoms with E-state index in [1.54, 1.807) is 17.6 Å². The summed E-state index contributed by atoms with van der Waals surface area (Å²) in [5.74, 6) is 0. The first kappa shape index (κ1) is 6.24. The summed E-state index contributed by atoms with van der Waals surface area (Å²) in [6.45, 7) is 0.643. The quantitative estimate of drug-likeness (QED) is 0.602. The SMILES string of the molecule is SC1=COCc2scnc21. The first-order valence-electron chi connectivity index (χ1n) is 2.81. The van der Waals surface area contributed by atoms with Gasteiger partial charge in [0.25, 0.3) is 0 Å². The van der Waals surface area contributed by atoms with Crippen molar-refractivity contribution in [2.75, 3.05) is 0 Å². The van der Waals surface area contributed by atoms with Crippen LogP contribution in [0.5, 0.6) is 0 Å². The summed E-state index contributed by atoms with van der Waals surface area (Å²) in [6, 6.07) is 0. The van der Waals surface area contributed by atoms with Crippen molar-refractivity contribution in [3.05, 3.63) is 22.3 Å². The maximum absolute atomic E-state index is 5.10. The van der Waals surface area contributed by atoms with Gasteiger partial charge in [0.05, 0.1) is 27.2 Å². The second-order valence-corrected chi connectivity index (χ2v) is 3.36. The maximum atomic E-state index is 5.10. The fraction of sp³-hybridized carbons (Fsp3) is 0.167. The lowest BCUT2D eigenvalue weighted by Crippen LogP contribution is -1.94. The van der Waals surface area contributed by atoms with Crippen LogP contribution in [0.4, 0.5) is 0 Å². The molecule has 0 fully saturated rings. The molecule has 2 rings (SSSR count). The van der Waals surface area contributed by atoms with Crippen molar-refractivity contribution in [2.45, 2.75) is 6.61 Å². The van der Waals surface area contributed by atoms with Crippen LogP contribution < -0.4 is 0 Å². The molecule has 0 aromatic carbocycles. The van der Waals surface area contributed by atoms with E-state index in [4.69, 9.17) is 4.74 Å². The fourth-order valence-corrected chi connectivity index (χ4v) is 1.87. The summed E-state index contributed by atoms with van der Waals surface area (Å²) < 4.78 is 5.10. The van der Waals surface area contributed by atoms with Gasteiger partial charge in [-0.25, -0.2) is 4.98 Å². The standard InChI is InChI=1S/C6H5NOS2/c9-4-1-8-2-5-6(4)7-3-10-5/h1,3,9H,2H2. The lowest BCUT2D eigenvalue weighted by molar-refractivity contribution is 0.237. The number of thiazole rings is 1. The van der Waals surface area contributed by atoms with E-state index in [2.05, 4.69) is 17.6 Å². The number of thiol groups is 1. The highest BCUT2D eigenvalue weighted by Crippen LogP contribution is 2.28. The van der Waals surface area contributed by atoms with Crippen LogP contribution in [0, 0.1) is 0 Å². The van der Waals surface area contributed by atoms with Crippen molar-refractivity contribution in [2.24, 2.45) is 0 Å². The second-order valence-electron chi connectivity index (χ2n) is 1.94. The summed E-state index contributed by atoms with van der Waals surface area (Å²) in [6.07, 6.45) is 1.63. The summed E-state index contributed by atoms with van der Waals surface area (Å²) >= 11 is 5.79. The first-order valence-corrected chi connectivity index (χ1v) is 4.14. The molecule has 52 valence electrons. The Kier molecular flexibility index (Phi) is 1.43. The van der Waals surface area contributed by atoms with Gasteiger partial charge in [0.2, 0.25) is 0 Å². The molecule has 0 atom stereocenters. The van der Waals surface area contributed by atoms with E-state index in [-0.39, 0.29) is 0 Å². The van der Waals surface area contributed by atoms with E-state index in [0.717, 1.165) is 15.5 Å². The molecule has 2 heterocycles. The minimum absolute atomic E-state index is 0.643. The van der Waals surface area contributed by atoms with E-state index in [1.807, 2.05) is 5.51 Å². The Hall–Kier alpha value is -0.480. The lowest BCUT2D eigenvalue weighted by atomic mass is 10.3. The first-order chi connectivity index (χ1) is 4.88. The van der Waals surface area contributed by atoms with E-state index in [1.165, 1.54) is 0 Å². The van der Waals surface area contributed by atoms with Crippen LogP contribution in [0.1, 0.15) is 10.6 Å². The number of rotatable bonds is 0. The van der Waals surface area contributed by atoms with Gasteiger partial charge in [-0.05, 0) is 0 Å². The van der Waals surface area contributed by atoms with Gasteiger partial charge in [-0.3, -0.25) is 0 Å². The molecule has 1 aromatic rings. The zero-order valence-electron chi connectivity index (χ0n) is 5.07. The van der Waals surface area contributed by atoms with Gasteiger partial charge < -0.3 is 4.74 Å². The zero-order chi connectivity index (χ0) is 6.97. The molecule has 1 aliphatic heterocycles. The highest BCUT2D eigenvalue weighted by atomic mass is 32.1. The van der Waals surface area contributed by atoms with Gasteiger partial charge in [0.1, 0.15) is 6.61 Å². The molecule has 0 saturated carbocycles. The van der Waals surface area contributed by atoms with Crippen LogP contribution in [-0.2, 0) is 11.3 Å². The van der Waals surface area contributed by atoms with Gasteiger partial charge in [-0.2, -0.15) is 0 Å². The monoisotopic (exact) mass is 171 g/mol. The number of ether oxygens (including phenoxy) is 1. The summed E-state index contributed by atoms with van der Waals surface area (Å²) in [5, 5.41) is 0. The molecule has 10 heavy (non-hydrogen) atoms. The molecule has 0 radical (unpaired) electrons. The molecule has 4 heteroatoms. The normalized spacial score (nSPS) is 15.5. The highest BCUT2D eigenvalue weighted by molar-refractivity contribution is 7.90. The molecule has 0 amide bonds. The van der Waals surface area contributed by atoms with Crippen molar-refractivity contribution in [3.63, 3.8) is 0 Å². The van der Waals surface area contributed by atoms with Crippen LogP contribution in [-0.4, -0.2) is 4.98 Å². The molecule has 0 saturated heterocycles. The van der Waals surface area contributed by atoms with Crippen molar-refractivity contribution in [3.8, 4) is 0 Å². The Morgan fingerprint density at radius 3 is 3.40 bits per heavy atom. The third-order valence-electron chi connectivity index (χ3n) is 1.29. The minimum atomic E-state index is 0.643. The number of aromatic nitrogens is 1. The summed E-state index contributed by atoms with van der Waals surface area (Å²) in [7, 11) is 0. The Bertz CT molecular complexity index is 279. The van der Waals surface area contributed by atoms with Gasteiger partial charge in [-0.15, -0.1) is 24.0 Å². The number of fused-ring (bicyclic) bond motifs is 1. The molecule has 2 nitrogen and oxygen atoms in total. The summed E-state index contributed by atoms with van der Waals surface area (Å²) in [5.41, 5.74) is 2.78. The van der Waals surface area contributed by atoms with E-state index >= 15 is 0 Å². The number of nitrogens with zero attached hydrogens (tertiary/aromatic N) is 1. The van der Waals surface area contributed by atoms with Crippen molar-refractivity contribution in [1.82, 2.24) is 4.98 Å². The smallest absolute Gasteiger partial charge is 0.124 e.